The number of carbonyl (C=O) groups excluding carboxylic acids is 2. The topological polar surface area (TPSA) is 46.6 Å². The Morgan fingerprint density at radius 3 is 2.46 bits per heavy atom. The van der Waals surface area contributed by atoms with E-state index >= 15 is 0 Å². The van der Waals surface area contributed by atoms with Gasteiger partial charge in [-0.25, -0.2) is 4.39 Å². The minimum Gasteiger partial charge on any atom is -0.466 e. The van der Waals surface area contributed by atoms with E-state index in [4.69, 9.17) is 16.3 Å². The first-order valence-electron chi connectivity index (χ1n) is 8.45. The van der Waals surface area contributed by atoms with Crippen molar-refractivity contribution in [2.45, 2.75) is 19.8 Å². The molecule has 4 nitrogen and oxygen atoms in total. The Hall–Kier alpha value is -2.40. The van der Waals surface area contributed by atoms with Crippen LogP contribution in [0.2, 0.25) is 5.02 Å². The van der Waals surface area contributed by atoms with Crippen molar-refractivity contribution in [3.05, 3.63) is 70.5 Å². The highest BCUT2D eigenvalue weighted by molar-refractivity contribution is 6.33. The number of esters is 1. The van der Waals surface area contributed by atoms with Crippen molar-refractivity contribution in [3.63, 3.8) is 0 Å². The fraction of sp³-hybridized carbons (Fsp3) is 0.300. The molecule has 0 atom stereocenters. The zero-order valence-electron chi connectivity index (χ0n) is 14.6. The molecule has 0 bridgehead atoms. The Bertz CT molecular complexity index is 732. The van der Waals surface area contributed by atoms with Crippen LogP contribution in [0.4, 0.5) is 4.39 Å². The first-order chi connectivity index (χ1) is 12.5. The van der Waals surface area contributed by atoms with Gasteiger partial charge in [0, 0.05) is 13.1 Å². The van der Waals surface area contributed by atoms with Crippen molar-refractivity contribution in [1.82, 2.24) is 4.90 Å². The largest absolute Gasteiger partial charge is 0.466 e. The van der Waals surface area contributed by atoms with Crippen molar-refractivity contribution in [2.24, 2.45) is 0 Å². The number of carbonyl (C=O) groups is 2. The lowest BCUT2D eigenvalue weighted by Gasteiger charge is -2.23. The molecule has 2 aromatic carbocycles. The summed E-state index contributed by atoms with van der Waals surface area (Å²) in [6, 6.07) is 13.7. The molecule has 6 heteroatoms. The fourth-order valence-corrected chi connectivity index (χ4v) is 2.79. The van der Waals surface area contributed by atoms with Crippen LogP contribution >= 0.6 is 11.6 Å². The van der Waals surface area contributed by atoms with Gasteiger partial charge in [-0.1, -0.05) is 48.0 Å². The van der Waals surface area contributed by atoms with Gasteiger partial charge in [0.05, 0.1) is 23.6 Å². The van der Waals surface area contributed by atoms with Crippen molar-refractivity contribution < 1.29 is 18.7 Å². The molecule has 138 valence electrons. The van der Waals surface area contributed by atoms with Gasteiger partial charge in [-0.2, -0.15) is 0 Å². The second-order valence-corrected chi connectivity index (χ2v) is 6.09. The number of benzene rings is 2. The van der Waals surface area contributed by atoms with Crippen LogP contribution in [0.5, 0.6) is 0 Å². The first-order valence-corrected chi connectivity index (χ1v) is 8.83. The molecule has 0 aromatic heterocycles. The number of hydrogen-bond acceptors (Lipinski definition) is 3. The minimum absolute atomic E-state index is 0.0421. The number of amides is 1. The standard InChI is InChI=1S/C20H21ClFNO3/c1-2-26-18(24)12-14-23(13-11-15-7-4-3-5-8-15)20(25)19-16(21)9-6-10-17(19)22/h3-10H,2,11-14H2,1H3. The van der Waals surface area contributed by atoms with Crippen LogP contribution in [-0.2, 0) is 16.0 Å². The molecule has 26 heavy (non-hydrogen) atoms. The number of nitrogens with zero attached hydrogens (tertiary/aromatic N) is 1. The summed E-state index contributed by atoms with van der Waals surface area (Å²) in [4.78, 5) is 25.9. The SMILES string of the molecule is CCOC(=O)CCN(CCc1ccccc1)C(=O)c1c(F)cccc1Cl. The molecular weight excluding hydrogens is 357 g/mol. The zero-order chi connectivity index (χ0) is 18.9. The lowest BCUT2D eigenvalue weighted by Crippen LogP contribution is -2.35. The molecule has 0 heterocycles. The van der Waals surface area contributed by atoms with Crippen LogP contribution in [0.3, 0.4) is 0 Å². The van der Waals surface area contributed by atoms with Crippen LogP contribution in [0.1, 0.15) is 29.3 Å². The summed E-state index contributed by atoms with van der Waals surface area (Å²) < 4.78 is 19.0. The van der Waals surface area contributed by atoms with Crippen LogP contribution in [0.15, 0.2) is 48.5 Å². The summed E-state index contributed by atoms with van der Waals surface area (Å²) in [5.74, 6) is -1.61. The van der Waals surface area contributed by atoms with E-state index in [0.717, 1.165) is 5.56 Å². The van der Waals surface area contributed by atoms with Crippen LogP contribution < -0.4 is 0 Å². The zero-order valence-corrected chi connectivity index (χ0v) is 15.3. The van der Waals surface area contributed by atoms with Gasteiger partial charge in [0.25, 0.3) is 5.91 Å². The van der Waals surface area contributed by atoms with Gasteiger partial charge in [0.15, 0.2) is 0 Å². The van der Waals surface area contributed by atoms with Crippen LogP contribution in [0, 0.1) is 5.82 Å². The molecule has 0 aliphatic carbocycles. The van der Waals surface area contributed by atoms with Gasteiger partial charge in [-0.15, -0.1) is 0 Å². The van der Waals surface area contributed by atoms with Crippen LogP contribution in [-0.4, -0.2) is 36.5 Å². The van der Waals surface area contributed by atoms with Crippen molar-refractivity contribution in [2.75, 3.05) is 19.7 Å². The smallest absolute Gasteiger partial charge is 0.307 e. The van der Waals surface area contributed by atoms with E-state index in [0.29, 0.717) is 13.0 Å². The Balaban J connectivity index is 2.15. The van der Waals surface area contributed by atoms with E-state index in [9.17, 15) is 14.0 Å². The first kappa shape index (κ1) is 19.9. The van der Waals surface area contributed by atoms with Gasteiger partial charge in [-0.3, -0.25) is 9.59 Å². The van der Waals surface area contributed by atoms with Gasteiger partial charge < -0.3 is 9.64 Å². The predicted molar refractivity (Wildman–Crippen MR) is 98.7 cm³/mol. The van der Waals surface area contributed by atoms with Crippen molar-refractivity contribution in [1.29, 1.82) is 0 Å². The molecule has 1 amide bonds. The van der Waals surface area contributed by atoms with Gasteiger partial charge in [-0.05, 0) is 31.0 Å². The monoisotopic (exact) mass is 377 g/mol. The van der Waals surface area contributed by atoms with Gasteiger partial charge >= 0.3 is 5.97 Å². The summed E-state index contributed by atoms with van der Waals surface area (Å²) in [6.45, 7) is 2.47. The molecule has 2 rings (SSSR count). The number of hydrogen-bond donors (Lipinski definition) is 0. The maximum absolute atomic E-state index is 14.1. The van der Waals surface area contributed by atoms with E-state index in [2.05, 4.69) is 0 Å². The molecule has 0 saturated heterocycles. The molecule has 0 fully saturated rings. The summed E-state index contributed by atoms with van der Waals surface area (Å²) in [5, 5.41) is 0.0517. The Labute approximate surface area is 157 Å². The third-order valence-corrected chi connectivity index (χ3v) is 4.18. The maximum atomic E-state index is 14.1. The summed E-state index contributed by atoms with van der Waals surface area (Å²) in [6.07, 6.45) is 0.627. The third-order valence-electron chi connectivity index (χ3n) is 3.87. The molecule has 0 radical (unpaired) electrons. The quantitative estimate of drug-likeness (QED) is 0.650. The normalized spacial score (nSPS) is 10.4. The fourth-order valence-electron chi connectivity index (χ4n) is 2.54. The molecular formula is C20H21ClFNO3. The number of halogens is 2. The van der Waals surface area contributed by atoms with E-state index in [-0.39, 0.29) is 30.2 Å². The average Bonchev–Trinajstić information content (AvgIpc) is 2.62. The Morgan fingerprint density at radius 2 is 1.81 bits per heavy atom. The summed E-state index contributed by atoms with van der Waals surface area (Å²) >= 11 is 6.02. The van der Waals surface area contributed by atoms with E-state index in [1.165, 1.54) is 23.1 Å². The second-order valence-electron chi connectivity index (χ2n) is 5.68. The average molecular weight is 378 g/mol. The molecule has 2 aromatic rings. The van der Waals surface area contributed by atoms with Crippen molar-refractivity contribution >= 4 is 23.5 Å². The molecule has 0 spiro atoms. The summed E-state index contributed by atoms with van der Waals surface area (Å²) in [5.41, 5.74) is 0.868. The summed E-state index contributed by atoms with van der Waals surface area (Å²) in [7, 11) is 0. The van der Waals surface area contributed by atoms with Gasteiger partial charge in [0.1, 0.15) is 5.82 Å². The predicted octanol–water partition coefficient (Wildman–Crippen LogP) is 4.12. The van der Waals surface area contributed by atoms with E-state index in [1.54, 1.807) is 6.92 Å². The Morgan fingerprint density at radius 1 is 1.08 bits per heavy atom. The molecule has 0 aliphatic heterocycles. The lowest BCUT2D eigenvalue weighted by atomic mass is 10.1. The number of rotatable bonds is 8. The highest BCUT2D eigenvalue weighted by Gasteiger charge is 2.22. The molecule has 0 saturated carbocycles. The molecule has 0 unspecified atom stereocenters. The Kier molecular flexibility index (Phi) is 7.60. The lowest BCUT2D eigenvalue weighted by molar-refractivity contribution is -0.143. The highest BCUT2D eigenvalue weighted by Crippen LogP contribution is 2.21. The van der Waals surface area contributed by atoms with Gasteiger partial charge in [0.2, 0.25) is 0 Å². The third kappa shape index (κ3) is 5.56. The molecule has 0 N–H and O–H groups in total. The highest BCUT2D eigenvalue weighted by atomic mass is 35.5. The van der Waals surface area contributed by atoms with Crippen LogP contribution in [0.25, 0.3) is 0 Å². The second kappa shape index (κ2) is 9.92. The number of ether oxygens (including phenoxy) is 1. The molecule has 0 aliphatic rings. The van der Waals surface area contributed by atoms with Crippen molar-refractivity contribution in [3.8, 4) is 0 Å². The minimum atomic E-state index is -0.677. The van der Waals surface area contributed by atoms with E-state index < -0.39 is 17.7 Å². The van der Waals surface area contributed by atoms with E-state index in [1.807, 2.05) is 30.3 Å². The maximum Gasteiger partial charge on any atom is 0.307 e.